The van der Waals surface area contributed by atoms with Gasteiger partial charge in [-0.25, -0.2) is 9.67 Å². The van der Waals surface area contributed by atoms with Gasteiger partial charge in [0.1, 0.15) is 12.2 Å². The molecule has 5 heteroatoms. The van der Waals surface area contributed by atoms with E-state index in [-0.39, 0.29) is 0 Å². The fraction of sp³-hybridized carbons (Fsp3) is 0.875. The van der Waals surface area contributed by atoms with Crippen molar-refractivity contribution in [2.45, 2.75) is 58.7 Å². The highest BCUT2D eigenvalue weighted by atomic mass is 15.3. The minimum atomic E-state index is 0.615. The lowest BCUT2D eigenvalue weighted by Crippen LogP contribution is -2.40. The van der Waals surface area contributed by atoms with Crippen molar-refractivity contribution in [2.75, 3.05) is 19.6 Å². The zero-order valence-corrected chi connectivity index (χ0v) is 13.5. The normalized spacial score (nSPS) is 25.0. The van der Waals surface area contributed by atoms with Crippen molar-refractivity contribution < 1.29 is 0 Å². The molecule has 1 aromatic rings. The second-order valence-electron chi connectivity index (χ2n) is 7.07. The van der Waals surface area contributed by atoms with Crippen LogP contribution in [0.25, 0.3) is 0 Å². The summed E-state index contributed by atoms with van der Waals surface area (Å²) in [4.78, 5) is 7.01. The van der Waals surface area contributed by atoms with Crippen LogP contribution in [0.1, 0.15) is 45.4 Å². The van der Waals surface area contributed by atoms with E-state index in [1.165, 1.54) is 45.3 Å². The Kier molecular flexibility index (Phi) is 4.91. The molecule has 0 bridgehead atoms. The van der Waals surface area contributed by atoms with E-state index >= 15 is 0 Å². The quantitative estimate of drug-likeness (QED) is 0.900. The Balaban J connectivity index is 1.50. The van der Waals surface area contributed by atoms with Crippen LogP contribution in [-0.2, 0) is 13.1 Å². The average Bonchev–Trinajstić information content (AvgIpc) is 3.12. The predicted molar refractivity (Wildman–Crippen MR) is 83.9 cm³/mol. The second kappa shape index (κ2) is 6.88. The van der Waals surface area contributed by atoms with E-state index in [9.17, 15) is 0 Å². The third-order valence-corrected chi connectivity index (χ3v) is 4.90. The fourth-order valence-corrected chi connectivity index (χ4v) is 3.74. The molecule has 0 saturated carbocycles. The first-order valence-electron chi connectivity index (χ1n) is 8.55. The highest BCUT2D eigenvalue weighted by molar-refractivity contribution is 4.89. The summed E-state index contributed by atoms with van der Waals surface area (Å²) in [6.45, 7) is 10.0. The van der Waals surface area contributed by atoms with Gasteiger partial charge < -0.3 is 5.32 Å². The summed E-state index contributed by atoms with van der Waals surface area (Å²) in [7, 11) is 0. The molecule has 3 heterocycles. The van der Waals surface area contributed by atoms with Gasteiger partial charge >= 0.3 is 0 Å². The van der Waals surface area contributed by atoms with Crippen LogP contribution in [0.3, 0.4) is 0 Å². The monoisotopic (exact) mass is 291 g/mol. The minimum absolute atomic E-state index is 0.615. The van der Waals surface area contributed by atoms with Gasteiger partial charge in [-0.3, -0.25) is 4.90 Å². The molecule has 1 N–H and O–H groups in total. The predicted octanol–water partition coefficient (Wildman–Crippen LogP) is 1.90. The van der Waals surface area contributed by atoms with E-state index in [2.05, 4.69) is 38.8 Å². The molecule has 0 radical (unpaired) electrons. The summed E-state index contributed by atoms with van der Waals surface area (Å²) in [6, 6.07) is 0.789. The number of aromatic nitrogens is 3. The van der Waals surface area contributed by atoms with Crippen molar-refractivity contribution >= 4 is 0 Å². The van der Waals surface area contributed by atoms with Crippen LogP contribution in [0.5, 0.6) is 0 Å². The molecule has 1 atom stereocenters. The smallest absolute Gasteiger partial charge is 0.141 e. The van der Waals surface area contributed by atoms with Crippen molar-refractivity contribution in [3.63, 3.8) is 0 Å². The van der Waals surface area contributed by atoms with E-state index in [1.807, 2.05) is 0 Å². The van der Waals surface area contributed by atoms with E-state index < -0.39 is 0 Å². The Morgan fingerprint density at radius 1 is 1.29 bits per heavy atom. The van der Waals surface area contributed by atoms with Gasteiger partial charge in [0.2, 0.25) is 0 Å². The van der Waals surface area contributed by atoms with Gasteiger partial charge in [0.15, 0.2) is 0 Å². The molecule has 21 heavy (non-hydrogen) atoms. The van der Waals surface area contributed by atoms with Crippen LogP contribution >= 0.6 is 0 Å². The van der Waals surface area contributed by atoms with Crippen LogP contribution in [0.4, 0.5) is 0 Å². The molecule has 5 nitrogen and oxygen atoms in total. The van der Waals surface area contributed by atoms with Crippen LogP contribution in [-0.4, -0.2) is 45.3 Å². The zero-order chi connectivity index (χ0) is 14.7. The molecule has 0 spiro atoms. The summed E-state index contributed by atoms with van der Waals surface area (Å²) in [5.41, 5.74) is 0. The molecule has 0 aromatic carbocycles. The molecule has 2 fully saturated rings. The Labute approximate surface area is 128 Å². The van der Waals surface area contributed by atoms with Gasteiger partial charge in [0.25, 0.3) is 0 Å². The lowest BCUT2D eigenvalue weighted by Gasteiger charge is -2.34. The Morgan fingerprint density at radius 3 is 2.76 bits per heavy atom. The highest BCUT2D eigenvalue weighted by Gasteiger charge is 2.28. The maximum Gasteiger partial charge on any atom is 0.141 e. The Morgan fingerprint density at radius 2 is 2.10 bits per heavy atom. The van der Waals surface area contributed by atoms with Gasteiger partial charge in [0, 0.05) is 12.6 Å². The first-order chi connectivity index (χ1) is 10.2. The molecule has 2 aliphatic rings. The molecule has 0 aliphatic carbocycles. The van der Waals surface area contributed by atoms with Gasteiger partial charge in [-0.2, -0.15) is 5.10 Å². The zero-order valence-electron chi connectivity index (χ0n) is 13.5. The number of hydrogen-bond acceptors (Lipinski definition) is 4. The molecule has 3 rings (SSSR count). The summed E-state index contributed by atoms with van der Waals surface area (Å²) >= 11 is 0. The summed E-state index contributed by atoms with van der Waals surface area (Å²) in [5.74, 6) is 2.63. The number of nitrogens with one attached hydrogen (secondary N) is 1. The van der Waals surface area contributed by atoms with Gasteiger partial charge in [-0.15, -0.1) is 0 Å². The first kappa shape index (κ1) is 15.0. The fourth-order valence-electron chi connectivity index (χ4n) is 3.74. The largest absolute Gasteiger partial charge is 0.314 e. The van der Waals surface area contributed by atoms with Crippen LogP contribution in [0, 0.1) is 11.8 Å². The minimum Gasteiger partial charge on any atom is -0.314 e. The third-order valence-electron chi connectivity index (χ3n) is 4.90. The number of likely N-dealkylation sites (tertiary alicyclic amines) is 1. The molecule has 2 aliphatic heterocycles. The SMILES string of the molecule is CC(C)Cn1ncnc1CN1CCC(C2CCCN2)CC1. The number of hydrogen-bond donors (Lipinski definition) is 1. The number of rotatable bonds is 5. The first-order valence-corrected chi connectivity index (χ1v) is 8.55. The molecular weight excluding hydrogens is 262 g/mol. The lowest BCUT2D eigenvalue weighted by molar-refractivity contribution is 0.152. The van der Waals surface area contributed by atoms with E-state index in [0.717, 1.165) is 30.9 Å². The van der Waals surface area contributed by atoms with Crippen LogP contribution in [0.15, 0.2) is 6.33 Å². The van der Waals surface area contributed by atoms with Crippen molar-refractivity contribution in [2.24, 2.45) is 11.8 Å². The number of nitrogens with zero attached hydrogens (tertiary/aromatic N) is 4. The van der Waals surface area contributed by atoms with Crippen molar-refractivity contribution in [1.29, 1.82) is 0 Å². The van der Waals surface area contributed by atoms with E-state index in [1.54, 1.807) is 6.33 Å². The molecule has 118 valence electrons. The standard InChI is InChI=1S/C16H29N5/c1-13(2)10-21-16(18-12-19-21)11-20-8-5-14(6-9-20)15-4-3-7-17-15/h12-15,17H,3-11H2,1-2H3. The van der Waals surface area contributed by atoms with Crippen molar-refractivity contribution in [1.82, 2.24) is 25.0 Å². The molecular formula is C16H29N5. The van der Waals surface area contributed by atoms with Gasteiger partial charge in [-0.1, -0.05) is 13.8 Å². The van der Waals surface area contributed by atoms with Gasteiger partial charge in [0.05, 0.1) is 6.54 Å². The average molecular weight is 291 g/mol. The molecule has 1 aromatic heterocycles. The third kappa shape index (κ3) is 3.83. The Bertz CT molecular complexity index is 428. The Hall–Kier alpha value is -0.940. The maximum absolute atomic E-state index is 4.46. The highest BCUT2D eigenvalue weighted by Crippen LogP contribution is 2.26. The summed E-state index contributed by atoms with van der Waals surface area (Å²) in [5, 5.41) is 8.04. The lowest BCUT2D eigenvalue weighted by atomic mass is 9.88. The molecule has 1 unspecified atom stereocenters. The van der Waals surface area contributed by atoms with Gasteiger partial charge in [-0.05, 0) is 57.2 Å². The molecule has 0 amide bonds. The summed E-state index contributed by atoms with van der Waals surface area (Å²) in [6.07, 6.45) is 7.11. The van der Waals surface area contributed by atoms with Crippen molar-refractivity contribution in [3.8, 4) is 0 Å². The van der Waals surface area contributed by atoms with E-state index in [4.69, 9.17) is 0 Å². The number of piperidine rings is 1. The van der Waals surface area contributed by atoms with Crippen molar-refractivity contribution in [3.05, 3.63) is 12.2 Å². The van der Waals surface area contributed by atoms with Crippen LogP contribution in [0.2, 0.25) is 0 Å². The van der Waals surface area contributed by atoms with Crippen LogP contribution < -0.4 is 5.32 Å². The van der Waals surface area contributed by atoms with E-state index in [0.29, 0.717) is 5.92 Å². The topological polar surface area (TPSA) is 46.0 Å². The second-order valence-corrected chi connectivity index (χ2v) is 7.07. The summed E-state index contributed by atoms with van der Waals surface area (Å²) < 4.78 is 2.08. The maximum atomic E-state index is 4.46. The molecule has 2 saturated heterocycles.